The minimum atomic E-state index is -3.80. The lowest BCUT2D eigenvalue weighted by Gasteiger charge is -2.33. The molecule has 1 heterocycles. The average molecular weight is 420 g/mol. The molecule has 0 atom stereocenters. The number of rotatable bonds is 5. The second-order valence-corrected chi connectivity index (χ2v) is 8.39. The van der Waals surface area contributed by atoms with Crippen molar-refractivity contribution in [2.24, 2.45) is 0 Å². The van der Waals surface area contributed by atoms with E-state index < -0.39 is 15.8 Å². The van der Waals surface area contributed by atoms with Gasteiger partial charge >= 0.3 is 0 Å². The van der Waals surface area contributed by atoms with E-state index in [1.165, 1.54) is 41.8 Å². The lowest BCUT2D eigenvalue weighted by molar-refractivity contribution is -0.127. The molecule has 1 fully saturated rings. The third-order valence-electron chi connectivity index (χ3n) is 4.61. The molecule has 0 saturated carbocycles. The Bertz CT molecular complexity index is 1030. The lowest BCUT2D eigenvalue weighted by Crippen LogP contribution is -2.50. The number of aromatic hydroxyl groups is 1. The topological polar surface area (TPSA) is 87.2 Å². The fourth-order valence-electron chi connectivity index (χ4n) is 3.00. The summed E-state index contributed by atoms with van der Waals surface area (Å²) in [6.07, 6.45) is 2.99. The summed E-state index contributed by atoms with van der Waals surface area (Å²) in [7, 11) is -2.37. The smallest absolute Gasteiger partial charge is 0.246 e. The van der Waals surface area contributed by atoms with Gasteiger partial charge in [0, 0.05) is 32.3 Å². The molecule has 0 unspecified atom stereocenters. The van der Waals surface area contributed by atoms with Crippen LogP contribution in [0.5, 0.6) is 11.5 Å². The van der Waals surface area contributed by atoms with E-state index in [1.807, 2.05) is 0 Å². The highest BCUT2D eigenvalue weighted by atomic mass is 32.2. The Morgan fingerprint density at radius 2 is 1.86 bits per heavy atom. The molecular weight excluding hydrogens is 399 g/mol. The number of amides is 1. The van der Waals surface area contributed by atoms with E-state index in [4.69, 9.17) is 4.74 Å². The molecule has 0 radical (unpaired) electrons. The highest BCUT2D eigenvalue weighted by Gasteiger charge is 2.29. The second-order valence-electron chi connectivity index (χ2n) is 6.45. The van der Waals surface area contributed by atoms with Crippen molar-refractivity contribution in [3.05, 3.63) is 59.9 Å². The number of halogens is 1. The fourth-order valence-corrected chi connectivity index (χ4v) is 4.45. The first-order valence-electron chi connectivity index (χ1n) is 8.91. The number of phenolic OH excluding ortho intramolecular Hbond substituents is 1. The van der Waals surface area contributed by atoms with Gasteiger partial charge < -0.3 is 14.7 Å². The maximum absolute atomic E-state index is 13.4. The van der Waals surface area contributed by atoms with Crippen molar-refractivity contribution in [1.29, 1.82) is 0 Å². The largest absolute Gasteiger partial charge is 0.504 e. The number of hydrogen-bond donors (Lipinski definition) is 1. The molecular formula is C20H21FN2O5S. The van der Waals surface area contributed by atoms with E-state index in [1.54, 1.807) is 23.1 Å². The summed E-state index contributed by atoms with van der Waals surface area (Å²) in [5, 5.41) is 9.61. The highest BCUT2D eigenvalue weighted by Crippen LogP contribution is 2.26. The second kappa shape index (κ2) is 8.62. The zero-order valence-corrected chi connectivity index (χ0v) is 16.6. The van der Waals surface area contributed by atoms with Crippen molar-refractivity contribution in [2.75, 3.05) is 33.3 Å². The molecule has 1 N–H and O–H groups in total. The first-order chi connectivity index (χ1) is 13.8. The van der Waals surface area contributed by atoms with Crippen LogP contribution in [0.3, 0.4) is 0 Å². The minimum Gasteiger partial charge on any atom is -0.504 e. The van der Waals surface area contributed by atoms with Crippen molar-refractivity contribution in [3.8, 4) is 11.5 Å². The van der Waals surface area contributed by atoms with E-state index >= 15 is 0 Å². The predicted molar refractivity (Wildman–Crippen MR) is 105 cm³/mol. The highest BCUT2D eigenvalue weighted by molar-refractivity contribution is 7.89. The summed E-state index contributed by atoms with van der Waals surface area (Å²) in [6.45, 7) is 0.726. The predicted octanol–water partition coefficient (Wildman–Crippen LogP) is 2.09. The van der Waals surface area contributed by atoms with Gasteiger partial charge in [0.25, 0.3) is 0 Å². The molecule has 2 aromatic carbocycles. The summed E-state index contributed by atoms with van der Waals surface area (Å²) >= 11 is 0. The number of carbonyl (C=O) groups is 1. The first-order valence-corrected chi connectivity index (χ1v) is 10.3. The summed E-state index contributed by atoms with van der Waals surface area (Å²) in [5.41, 5.74) is 0.681. The number of methoxy groups -OCH3 is 1. The molecule has 29 heavy (non-hydrogen) atoms. The quantitative estimate of drug-likeness (QED) is 0.749. The number of hydrogen-bond acceptors (Lipinski definition) is 5. The standard InChI is InChI=1S/C20H21FN2O5S/c1-28-19-13-15(5-7-18(19)24)6-8-20(25)22-9-11-23(12-10-22)29(26,27)17-4-2-3-16(21)14-17/h2-8,13-14,24H,9-12H2,1H3/b8-6+. The van der Waals surface area contributed by atoms with Crippen LogP contribution < -0.4 is 4.74 Å². The van der Waals surface area contributed by atoms with Crippen LogP contribution in [0.2, 0.25) is 0 Å². The summed E-state index contributed by atoms with van der Waals surface area (Å²) in [4.78, 5) is 13.9. The van der Waals surface area contributed by atoms with Crippen molar-refractivity contribution in [1.82, 2.24) is 9.21 Å². The molecule has 7 nitrogen and oxygen atoms in total. The third kappa shape index (κ3) is 4.75. The van der Waals surface area contributed by atoms with E-state index in [0.717, 1.165) is 6.07 Å². The van der Waals surface area contributed by atoms with Crippen molar-refractivity contribution in [3.63, 3.8) is 0 Å². The number of carbonyl (C=O) groups excluding carboxylic acids is 1. The zero-order chi connectivity index (χ0) is 21.0. The Morgan fingerprint density at radius 1 is 1.14 bits per heavy atom. The fraction of sp³-hybridized carbons (Fsp3) is 0.250. The molecule has 1 amide bonds. The molecule has 1 aliphatic heterocycles. The van der Waals surface area contributed by atoms with Crippen LogP contribution >= 0.6 is 0 Å². The van der Waals surface area contributed by atoms with Gasteiger partial charge in [-0.2, -0.15) is 4.31 Å². The number of sulfonamides is 1. The van der Waals surface area contributed by atoms with Crippen LogP contribution in [0.25, 0.3) is 6.08 Å². The molecule has 1 saturated heterocycles. The van der Waals surface area contributed by atoms with E-state index in [9.17, 15) is 22.7 Å². The Hall–Kier alpha value is -2.91. The van der Waals surface area contributed by atoms with Gasteiger partial charge in [0.1, 0.15) is 5.82 Å². The molecule has 1 aliphatic rings. The summed E-state index contributed by atoms with van der Waals surface area (Å²) in [5.74, 6) is -0.557. The Kier molecular flexibility index (Phi) is 6.19. The van der Waals surface area contributed by atoms with E-state index in [2.05, 4.69) is 0 Å². The number of benzene rings is 2. The van der Waals surface area contributed by atoms with Crippen LogP contribution in [0.4, 0.5) is 4.39 Å². The molecule has 2 aromatic rings. The molecule has 9 heteroatoms. The van der Waals surface area contributed by atoms with Gasteiger partial charge in [-0.1, -0.05) is 12.1 Å². The van der Waals surface area contributed by atoms with Gasteiger partial charge in [0.15, 0.2) is 11.5 Å². The number of ether oxygens (including phenoxy) is 1. The van der Waals surface area contributed by atoms with E-state index in [0.29, 0.717) is 11.3 Å². The third-order valence-corrected chi connectivity index (χ3v) is 6.50. The summed E-state index contributed by atoms with van der Waals surface area (Å²) < 4.78 is 44.9. The van der Waals surface area contributed by atoms with Crippen LogP contribution in [0.15, 0.2) is 53.4 Å². The molecule has 154 valence electrons. The maximum Gasteiger partial charge on any atom is 0.246 e. The van der Waals surface area contributed by atoms with Gasteiger partial charge in [-0.15, -0.1) is 0 Å². The average Bonchev–Trinajstić information content (AvgIpc) is 2.73. The van der Waals surface area contributed by atoms with Crippen molar-refractivity contribution in [2.45, 2.75) is 4.90 Å². The van der Waals surface area contributed by atoms with Gasteiger partial charge in [-0.25, -0.2) is 12.8 Å². The van der Waals surface area contributed by atoms with E-state index in [-0.39, 0.29) is 42.7 Å². The normalized spacial score (nSPS) is 15.6. The Morgan fingerprint density at radius 3 is 2.52 bits per heavy atom. The number of nitrogens with zero attached hydrogens (tertiary/aromatic N) is 2. The molecule has 3 rings (SSSR count). The summed E-state index contributed by atoms with van der Waals surface area (Å²) in [6, 6.07) is 9.59. The van der Waals surface area contributed by atoms with Crippen LogP contribution in [0.1, 0.15) is 5.56 Å². The van der Waals surface area contributed by atoms with Gasteiger partial charge in [0.2, 0.25) is 15.9 Å². The molecule has 0 spiro atoms. The molecule has 0 aromatic heterocycles. The Labute approximate surface area is 168 Å². The minimum absolute atomic E-state index is 0.00612. The van der Waals surface area contributed by atoms with Gasteiger partial charge in [0.05, 0.1) is 12.0 Å². The maximum atomic E-state index is 13.4. The van der Waals surface area contributed by atoms with Crippen molar-refractivity contribution < 1.29 is 27.4 Å². The number of phenols is 1. The zero-order valence-electron chi connectivity index (χ0n) is 15.8. The molecule has 0 bridgehead atoms. The van der Waals surface area contributed by atoms with Crippen molar-refractivity contribution >= 4 is 22.0 Å². The van der Waals surface area contributed by atoms with Crippen LogP contribution in [-0.4, -0.2) is 61.9 Å². The first kappa shape index (κ1) is 20.8. The lowest BCUT2D eigenvalue weighted by atomic mass is 10.2. The van der Waals surface area contributed by atoms with Gasteiger partial charge in [-0.3, -0.25) is 4.79 Å². The van der Waals surface area contributed by atoms with Crippen LogP contribution in [0, 0.1) is 5.82 Å². The Balaban J connectivity index is 1.62. The number of piperazine rings is 1. The SMILES string of the molecule is COc1cc(/C=C/C(=O)N2CCN(S(=O)(=O)c3cccc(F)c3)CC2)ccc1O. The van der Waals surface area contributed by atoms with Crippen LogP contribution in [-0.2, 0) is 14.8 Å². The van der Waals surface area contributed by atoms with Gasteiger partial charge in [-0.05, 0) is 42.0 Å². The monoisotopic (exact) mass is 420 g/mol. The molecule has 0 aliphatic carbocycles.